The molecule has 3 heteroatoms. The molecule has 14 heavy (non-hydrogen) atoms. The van der Waals surface area contributed by atoms with E-state index < -0.39 is 0 Å². The van der Waals surface area contributed by atoms with Crippen molar-refractivity contribution in [3.8, 4) is 6.07 Å². The van der Waals surface area contributed by atoms with E-state index in [9.17, 15) is 9.18 Å². The van der Waals surface area contributed by atoms with Crippen LogP contribution in [0.1, 0.15) is 12.5 Å². The fourth-order valence-corrected chi connectivity index (χ4v) is 1.08. The first-order valence-electron chi connectivity index (χ1n) is 4.02. The normalized spacial score (nSPS) is 10.8. The van der Waals surface area contributed by atoms with Crippen LogP contribution in [0.15, 0.2) is 30.3 Å². The number of carbonyl (C=O) groups excluding carboxylic acids is 1. The Balaban J connectivity index is 3.14. The molecule has 1 rings (SSSR count). The van der Waals surface area contributed by atoms with Gasteiger partial charge < -0.3 is 0 Å². The highest BCUT2D eigenvalue weighted by molar-refractivity contribution is 6.19. The van der Waals surface area contributed by atoms with Crippen molar-refractivity contribution in [1.82, 2.24) is 0 Å². The van der Waals surface area contributed by atoms with Crippen molar-refractivity contribution < 1.29 is 9.18 Å². The molecular formula is C11H8FNO. The molecule has 0 unspecified atom stereocenters. The van der Waals surface area contributed by atoms with Crippen LogP contribution in [0.3, 0.4) is 0 Å². The smallest absolute Gasteiger partial charge is 0.161 e. The lowest BCUT2D eigenvalue weighted by atomic mass is 10.0. The Hall–Kier alpha value is -1.95. The predicted molar refractivity (Wildman–Crippen MR) is 50.7 cm³/mol. The minimum absolute atomic E-state index is 0.210. The van der Waals surface area contributed by atoms with Gasteiger partial charge in [0.1, 0.15) is 5.82 Å². The lowest BCUT2D eigenvalue weighted by Crippen LogP contribution is -1.95. The standard InChI is InChI=1S/C11H8FNO/c1-8(14)11(6-7-13)9-2-4-10(12)5-3-9/h2-6H,1H3/b11-6-. The van der Waals surface area contributed by atoms with Gasteiger partial charge in [-0.2, -0.15) is 5.26 Å². The van der Waals surface area contributed by atoms with Gasteiger partial charge in [0.05, 0.1) is 6.07 Å². The molecule has 0 heterocycles. The van der Waals surface area contributed by atoms with Crippen LogP contribution in [-0.2, 0) is 4.79 Å². The number of Topliss-reactive ketones (excluding diaryl/α,β-unsaturated/α-hetero) is 1. The van der Waals surface area contributed by atoms with Crippen molar-refractivity contribution in [1.29, 1.82) is 5.26 Å². The fraction of sp³-hybridized carbons (Fsp3) is 0.0909. The minimum atomic E-state index is -0.367. The minimum Gasteiger partial charge on any atom is -0.294 e. The zero-order valence-corrected chi connectivity index (χ0v) is 7.62. The number of carbonyl (C=O) groups is 1. The van der Waals surface area contributed by atoms with Crippen molar-refractivity contribution in [3.05, 3.63) is 41.7 Å². The zero-order chi connectivity index (χ0) is 10.6. The maximum absolute atomic E-state index is 12.6. The zero-order valence-electron chi connectivity index (χ0n) is 7.62. The van der Waals surface area contributed by atoms with Crippen LogP contribution in [0.25, 0.3) is 5.57 Å². The van der Waals surface area contributed by atoms with Gasteiger partial charge in [-0.05, 0) is 24.6 Å². The number of halogens is 1. The largest absolute Gasteiger partial charge is 0.294 e. The van der Waals surface area contributed by atoms with Crippen LogP contribution in [0.5, 0.6) is 0 Å². The van der Waals surface area contributed by atoms with Crippen LogP contribution in [0, 0.1) is 17.1 Å². The highest BCUT2D eigenvalue weighted by atomic mass is 19.1. The number of allylic oxidation sites excluding steroid dienone is 2. The molecule has 0 bridgehead atoms. The Kier molecular flexibility index (Phi) is 3.14. The van der Waals surface area contributed by atoms with E-state index in [1.54, 1.807) is 6.07 Å². The Bertz CT molecular complexity index is 412. The Morgan fingerprint density at radius 1 is 1.43 bits per heavy atom. The van der Waals surface area contributed by atoms with Gasteiger partial charge in [0, 0.05) is 11.6 Å². The first-order chi connectivity index (χ1) is 6.65. The summed E-state index contributed by atoms with van der Waals surface area (Å²) in [5, 5.41) is 8.45. The second-order valence-electron chi connectivity index (χ2n) is 2.75. The third-order valence-electron chi connectivity index (χ3n) is 1.74. The summed E-state index contributed by atoms with van der Waals surface area (Å²) in [7, 11) is 0. The second-order valence-corrected chi connectivity index (χ2v) is 2.75. The summed E-state index contributed by atoms with van der Waals surface area (Å²) in [5.74, 6) is -0.577. The molecule has 1 aromatic carbocycles. The van der Waals surface area contributed by atoms with Crippen LogP contribution in [0.4, 0.5) is 4.39 Å². The van der Waals surface area contributed by atoms with Crippen LogP contribution in [0.2, 0.25) is 0 Å². The molecule has 0 saturated heterocycles. The molecule has 0 aliphatic carbocycles. The second kappa shape index (κ2) is 4.33. The predicted octanol–water partition coefficient (Wildman–Crippen LogP) is 2.32. The number of hydrogen-bond acceptors (Lipinski definition) is 2. The third kappa shape index (κ3) is 2.27. The van der Waals surface area contributed by atoms with Gasteiger partial charge in [-0.1, -0.05) is 12.1 Å². The molecule has 2 nitrogen and oxygen atoms in total. The van der Waals surface area contributed by atoms with E-state index in [-0.39, 0.29) is 11.6 Å². The fourth-order valence-electron chi connectivity index (χ4n) is 1.08. The van der Waals surface area contributed by atoms with Crippen molar-refractivity contribution in [2.45, 2.75) is 6.92 Å². The van der Waals surface area contributed by atoms with Crippen molar-refractivity contribution in [2.24, 2.45) is 0 Å². The summed E-state index contributed by atoms with van der Waals surface area (Å²) in [6.45, 7) is 1.37. The molecule has 0 aromatic heterocycles. The Morgan fingerprint density at radius 3 is 2.43 bits per heavy atom. The Labute approximate surface area is 81.3 Å². The van der Waals surface area contributed by atoms with E-state index >= 15 is 0 Å². The summed E-state index contributed by atoms with van der Waals surface area (Å²) in [4.78, 5) is 11.1. The summed E-state index contributed by atoms with van der Waals surface area (Å²) >= 11 is 0. The molecule has 0 amide bonds. The van der Waals surface area contributed by atoms with E-state index in [1.165, 1.54) is 31.2 Å². The molecular weight excluding hydrogens is 181 g/mol. The molecule has 0 atom stereocenters. The van der Waals surface area contributed by atoms with Gasteiger partial charge in [-0.15, -0.1) is 0 Å². The van der Waals surface area contributed by atoms with Crippen molar-refractivity contribution in [2.75, 3.05) is 0 Å². The van der Waals surface area contributed by atoms with Gasteiger partial charge in [0.25, 0.3) is 0 Å². The first kappa shape index (κ1) is 10.1. The molecule has 0 aliphatic heterocycles. The van der Waals surface area contributed by atoms with Crippen molar-refractivity contribution >= 4 is 11.4 Å². The monoisotopic (exact) mass is 189 g/mol. The van der Waals surface area contributed by atoms with E-state index in [2.05, 4.69) is 0 Å². The molecule has 70 valence electrons. The van der Waals surface area contributed by atoms with Gasteiger partial charge >= 0.3 is 0 Å². The van der Waals surface area contributed by atoms with Crippen LogP contribution < -0.4 is 0 Å². The number of benzene rings is 1. The summed E-state index contributed by atoms with van der Waals surface area (Å²) in [6, 6.07) is 7.24. The lowest BCUT2D eigenvalue weighted by Gasteiger charge is -2.00. The molecule has 0 spiro atoms. The van der Waals surface area contributed by atoms with E-state index in [0.29, 0.717) is 11.1 Å². The molecule has 1 aromatic rings. The summed E-state index contributed by atoms with van der Waals surface area (Å²) in [6.07, 6.45) is 1.16. The molecule has 0 aliphatic rings. The highest BCUT2D eigenvalue weighted by Gasteiger charge is 2.06. The number of nitrogens with zero attached hydrogens (tertiary/aromatic N) is 1. The number of nitriles is 1. The van der Waals surface area contributed by atoms with Crippen LogP contribution in [-0.4, -0.2) is 5.78 Å². The average molecular weight is 189 g/mol. The number of rotatable bonds is 2. The maximum atomic E-state index is 12.6. The lowest BCUT2D eigenvalue weighted by molar-refractivity contribution is -0.111. The number of ketones is 1. The van der Waals surface area contributed by atoms with Gasteiger partial charge in [-0.3, -0.25) is 4.79 Å². The number of hydrogen-bond donors (Lipinski definition) is 0. The SMILES string of the molecule is CC(=O)/C(=C/C#N)c1ccc(F)cc1. The third-order valence-corrected chi connectivity index (χ3v) is 1.74. The molecule has 0 fully saturated rings. The average Bonchev–Trinajstić information content (AvgIpc) is 2.15. The van der Waals surface area contributed by atoms with E-state index in [1.807, 2.05) is 0 Å². The summed E-state index contributed by atoms with van der Waals surface area (Å²) in [5.41, 5.74) is 0.855. The molecule has 0 radical (unpaired) electrons. The van der Waals surface area contributed by atoms with Gasteiger partial charge in [-0.25, -0.2) is 4.39 Å². The molecule has 0 N–H and O–H groups in total. The first-order valence-corrected chi connectivity index (χ1v) is 4.02. The van der Waals surface area contributed by atoms with E-state index in [0.717, 1.165) is 6.08 Å². The molecule has 0 saturated carbocycles. The van der Waals surface area contributed by atoms with Gasteiger partial charge in [0.2, 0.25) is 0 Å². The van der Waals surface area contributed by atoms with E-state index in [4.69, 9.17) is 5.26 Å². The quantitative estimate of drug-likeness (QED) is 0.529. The van der Waals surface area contributed by atoms with Crippen molar-refractivity contribution in [3.63, 3.8) is 0 Å². The van der Waals surface area contributed by atoms with Crippen LogP contribution >= 0.6 is 0 Å². The topological polar surface area (TPSA) is 40.9 Å². The Morgan fingerprint density at radius 2 is 2.00 bits per heavy atom. The van der Waals surface area contributed by atoms with Gasteiger partial charge in [0.15, 0.2) is 5.78 Å². The highest BCUT2D eigenvalue weighted by Crippen LogP contribution is 2.15. The summed E-state index contributed by atoms with van der Waals surface area (Å²) < 4.78 is 12.6. The maximum Gasteiger partial charge on any atom is 0.161 e.